The standard InChI is InChI=1S/C18H17FN2OS2/c1-4-14-10(2)24-18-16(14)17(20-11(3)21-18)23-9-15(22)12-5-7-13(19)8-6-12/h5-8H,4,9H2,1-3H3. The monoisotopic (exact) mass is 360 g/mol. The molecule has 1 aromatic carbocycles. The Morgan fingerprint density at radius 3 is 2.58 bits per heavy atom. The van der Waals surface area contributed by atoms with Gasteiger partial charge in [-0.15, -0.1) is 11.3 Å². The number of ketones is 1. The second-order valence-corrected chi connectivity index (χ2v) is 7.63. The van der Waals surface area contributed by atoms with Gasteiger partial charge in [-0.3, -0.25) is 4.79 Å². The fraction of sp³-hybridized carbons (Fsp3) is 0.278. The Hall–Kier alpha value is -1.79. The van der Waals surface area contributed by atoms with E-state index in [2.05, 4.69) is 23.8 Å². The summed E-state index contributed by atoms with van der Waals surface area (Å²) in [5.74, 6) is 0.612. The van der Waals surface area contributed by atoms with E-state index >= 15 is 0 Å². The van der Waals surface area contributed by atoms with E-state index in [1.807, 2.05) is 6.92 Å². The molecule has 0 aliphatic rings. The Morgan fingerprint density at radius 1 is 1.21 bits per heavy atom. The Labute approximate surface area is 148 Å². The second kappa shape index (κ2) is 6.99. The minimum Gasteiger partial charge on any atom is -0.293 e. The van der Waals surface area contributed by atoms with Gasteiger partial charge < -0.3 is 0 Å². The van der Waals surface area contributed by atoms with Gasteiger partial charge in [0, 0.05) is 15.8 Å². The normalized spacial score (nSPS) is 11.2. The predicted molar refractivity (Wildman–Crippen MR) is 97.7 cm³/mol. The number of nitrogens with zero attached hydrogens (tertiary/aromatic N) is 2. The molecule has 0 bridgehead atoms. The number of aryl methyl sites for hydroxylation is 3. The topological polar surface area (TPSA) is 42.9 Å². The lowest BCUT2D eigenvalue weighted by Crippen LogP contribution is -2.03. The van der Waals surface area contributed by atoms with E-state index in [0.717, 1.165) is 21.7 Å². The predicted octanol–water partition coefficient (Wildman–Crippen LogP) is 4.98. The van der Waals surface area contributed by atoms with E-state index in [1.54, 1.807) is 11.3 Å². The van der Waals surface area contributed by atoms with Crippen molar-refractivity contribution >= 4 is 39.1 Å². The van der Waals surface area contributed by atoms with Gasteiger partial charge in [0.25, 0.3) is 0 Å². The average Bonchev–Trinajstić information content (AvgIpc) is 2.87. The van der Waals surface area contributed by atoms with Crippen molar-refractivity contribution < 1.29 is 9.18 Å². The number of fused-ring (bicyclic) bond motifs is 1. The first kappa shape index (κ1) is 17.0. The van der Waals surface area contributed by atoms with E-state index in [0.29, 0.717) is 11.4 Å². The van der Waals surface area contributed by atoms with Gasteiger partial charge >= 0.3 is 0 Å². The van der Waals surface area contributed by atoms with Gasteiger partial charge in [-0.1, -0.05) is 18.7 Å². The van der Waals surface area contributed by atoms with Crippen LogP contribution in [0, 0.1) is 19.7 Å². The van der Waals surface area contributed by atoms with Crippen LogP contribution >= 0.6 is 23.1 Å². The summed E-state index contributed by atoms with van der Waals surface area (Å²) < 4.78 is 13.0. The summed E-state index contributed by atoms with van der Waals surface area (Å²) in [7, 11) is 0. The highest BCUT2D eigenvalue weighted by molar-refractivity contribution is 8.00. The molecule has 3 aromatic rings. The van der Waals surface area contributed by atoms with Gasteiger partial charge in [0.2, 0.25) is 0 Å². The molecule has 2 heterocycles. The molecule has 0 saturated carbocycles. The minimum atomic E-state index is -0.339. The number of thiophene rings is 1. The zero-order valence-corrected chi connectivity index (χ0v) is 15.4. The molecule has 3 rings (SSSR count). The molecule has 0 unspecified atom stereocenters. The minimum absolute atomic E-state index is 0.0329. The molecule has 0 N–H and O–H groups in total. The fourth-order valence-corrected chi connectivity index (χ4v) is 4.84. The Bertz CT molecular complexity index is 904. The summed E-state index contributed by atoms with van der Waals surface area (Å²) in [4.78, 5) is 23.6. The van der Waals surface area contributed by atoms with Crippen LogP contribution in [0.5, 0.6) is 0 Å². The number of carbonyl (C=O) groups excluding carboxylic acids is 1. The van der Waals surface area contributed by atoms with Crippen molar-refractivity contribution in [3.05, 3.63) is 51.9 Å². The number of rotatable bonds is 5. The molecule has 0 aliphatic carbocycles. The third-order valence-corrected chi connectivity index (χ3v) is 5.81. The smallest absolute Gasteiger partial charge is 0.173 e. The maximum atomic E-state index is 13.0. The van der Waals surface area contributed by atoms with Crippen molar-refractivity contribution in [3.8, 4) is 0 Å². The van der Waals surface area contributed by atoms with Gasteiger partial charge in [-0.05, 0) is 50.1 Å². The SMILES string of the molecule is CCc1c(C)sc2nc(C)nc(SCC(=O)c3ccc(F)cc3)c12. The van der Waals surface area contributed by atoms with Crippen LogP contribution in [0.2, 0.25) is 0 Å². The second-order valence-electron chi connectivity index (χ2n) is 5.47. The number of halogens is 1. The largest absolute Gasteiger partial charge is 0.293 e. The molecule has 0 radical (unpaired) electrons. The van der Waals surface area contributed by atoms with E-state index in [-0.39, 0.29) is 17.4 Å². The molecule has 0 aliphatic heterocycles. The molecule has 24 heavy (non-hydrogen) atoms. The van der Waals surface area contributed by atoms with E-state index < -0.39 is 0 Å². The summed E-state index contributed by atoms with van der Waals surface area (Å²) in [6, 6.07) is 5.65. The molecule has 6 heteroatoms. The van der Waals surface area contributed by atoms with Crippen LogP contribution in [-0.2, 0) is 6.42 Å². The number of Topliss-reactive ketones (excluding diaryl/α,β-unsaturated/α-hetero) is 1. The van der Waals surface area contributed by atoms with E-state index in [9.17, 15) is 9.18 Å². The summed E-state index contributed by atoms with van der Waals surface area (Å²) in [5.41, 5.74) is 1.77. The van der Waals surface area contributed by atoms with Crippen molar-refractivity contribution in [2.45, 2.75) is 32.2 Å². The lowest BCUT2D eigenvalue weighted by Gasteiger charge is -2.06. The zero-order valence-electron chi connectivity index (χ0n) is 13.7. The molecular formula is C18H17FN2OS2. The van der Waals surface area contributed by atoms with Crippen molar-refractivity contribution in [2.24, 2.45) is 0 Å². The quantitative estimate of drug-likeness (QED) is 0.365. The Balaban J connectivity index is 1.89. The van der Waals surface area contributed by atoms with E-state index in [1.165, 1.54) is 46.5 Å². The van der Waals surface area contributed by atoms with Crippen LogP contribution in [0.25, 0.3) is 10.2 Å². The fourth-order valence-electron chi connectivity index (χ4n) is 2.62. The number of hydrogen-bond acceptors (Lipinski definition) is 5. The Kier molecular flexibility index (Phi) is 4.96. The first-order valence-electron chi connectivity index (χ1n) is 7.67. The lowest BCUT2D eigenvalue weighted by atomic mass is 10.1. The highest BCUT2D eigenvalue weighted by Gasteiger charge is 2.17. The highest BCUT2D eigenvalue weighted by atomic mass is 32.2. The third kappa shape index (κ3) is 3.35. The summed E-state index contributed by atoms with van der Waals surface area (Å²) >= 11 is 3.10. The summed E-state index contributed by atoms with van der Waals surface area (Å²) in [6.45, 7) is 6.08. The number of thioether (sulfide) groups is 1. The van der Waals surface area contributed by atoms with Crippen molar-refractivity contribution in [2.75, 3.05) is 5.75 Å². The molecule has 124 valence electrons. The van der Waals surface area contributed by atoms with Gasteiger partial charge in [0.05, 0.1) is 5.75 Å². The maximum absolute atomic E-state index is 13.0. The van der Waals surface area contributed by atoms with Crippen molar-refractivity contribution in [1.29, 1.82) is 0 Å². The molecule has 0 fully saturated rings. The molecule has 0 atom stereocenters. The number of hydrogen-bond donors (Lipinski definition) is 0. The number of benzene rings is 1. The summed E-state index contributed by atoms with van der Waals surface area (Å²) in [6.07, 6.45) is 0.914. The first-order valence-corrected chi connectivity index (χ1v) is 9.48. The molecule has 0 amide bonds. The van der Waals surface area contributed by atoms with Crippen LogP contribution in [-0.4, -0.2) is 21.5 Å². The summed E-state index contributed by atoms with van der Waals surface area (Å²) in [5, 5.41) is 1.93. The van der Waals surface area contributed by atoms with Gasteiger partial charge in [0.1, 0.15) is 21.5 Å². The lowest BCUT2D eigenvalue weighted by molar-refractivity contribution is 0.102. The van der Waals surface area contributed by atoms with Gasteiger partial charge in [-0.25, -0.2) is 14.4 Å². The van der Waals surface area contributed by atoms with Crippen LogP contribution in [0.4, 0.5) is 4.39 Å². The Morgan fingerprint density at radius 2 is 1.92 bits per heavy atom. The maximum Gasteiger partial charge on any atom is 0.173 e. The van der Waals surface area contributed by atoms with Crippen LogP contribution in [0.15, 0.2) is 29.3 Å². The highest BCUT2D eigenvalue weighted by Crippen LogP contribution is 2.36. The van der Waals surface area contributed by atoms with Crippen LogP contribution in [0.1, 0.15) is 33.5 Å². The average molecular weight is 360 g/mol. The zero-order chi connectivity index (χ0) is 17.3. The van der Waals surface area contributed by atoms with E-state index in [4.69, 9.17) is 0 Å². The van der Waals surface area contributed by atoms with Crippen LogP contribution in [0.3, 0.4) is 0 Å². The number of carbonyl (C=O) groups is 1. The molecule has 0 spiro atoms. The molecule has 2 aromatic heterocycles. The van der Waals surface area contributed by atoms with Gasteiger partial charge in [0.15, 0.2) is 5.78 Å². The third-order valence-electron chi connectivity index (χ3n) is 3.79. The first-order chi connectivity index (χ1) is 11.5. The van der Waals surface area contributed by atoms with Crippen LogP contribution < -0.4 is 0 Å². The van der Waals surface area contributed by atoms with Gasteiger partial charge in [-0.2, -0.15) is 0 Å². The van der Waals surface area contributed by atoms with Crippen molar-refractivity contribution in [1.82, 2.24) is 9.97 Å². The molecular weight excluding hydrogens is 343 g/mol. The molecule has 0 saturated heterocycles. The number of aromatic nitrogens is 2. The van der Waals surface area contributed by atoms with Crippen molar-refractivity contribution in [3.63, 3.8) is 0 Å². The molecule has 3 nitrogen and oxygen atoms in total.